The second kappa shape index (κ2) is 6.99. The molecule has 0 aromatic carbocycles. The van der Waals surface area contributed by atoms with E-state index in [-0.39, 0.29) is 4.75 Å². The Morgan fingerprint density at radius 1 is 1.38 bits per heavy atom. The average molecular weight is 288 g/mol. The number of ether oxygens (including phenoxy) is 1. The second-order valence-corrected chi connectivity index (χ2v) is 14.3. The van der Waals surface area contributed by atoms with Crippen molar-refractivity contribution in [3.63, 3.8) is 0 Å². The van der Waals surface area contributed by atoms with Gasteiger partial charge in [-0.05, 0) is 0 Å². The molecular weight excluding hydrogens is 272 g/mol. The van der Waals surface area contributed by atoms with E-state index in [2.05, 4.69) is 6.92 Å². The molecule has 0 amide bonds. The molecule has 0 spiro atoms. The van der Waals surface area contributed by atoms with E-state index in [0.29, 0.717) is 0 Å². The molecule has 13 heavy (non-hydrogen) atoms. The normalized spacial score (nSPS) is 14.8. The summed E-state index contributed by atoms with van der Waals surface area (Å²) in [4.78, 5) is 0. The van der Waals surface area contributed by atoms with Crippen molar-refractivity contribution in [3.8, 4) is 0 Å². The van der Waals surface area contributed by atoms with Crippen molar-refractivity contribution in [2.24, 2.45) is 0 Å². The third kappa shape index (κ3) is 5.16. The van der Waals surface area contributed by atoms with Crippen LogP contribution in [0, 0.1) is 0 Å². The third-order valence-corrected chi connectivity index (χ3v) is 10.2. The zero-order valence-electron chi connectivity index (χ0n) is 8.22. The first-order valence-corrected chi connectivity index (χ1v) is 11.8. The summed E-state index contributed by atoms with van der Waals surface area (Å²) in [6.45, 7) is 2.09. The van der Waals surface area contributed by atoms with E-state index >= 15 is 0 Å². The maximum atomic E-state index is 6.13. The minimum absolute atomic E-state index is 0.137. The summed E-state index contributed by atoms with van der Waals surface area (Å²) < 4.78 is 10.1. The molecule has 0 N–H and O–H groups in total. The monoisotopic (exact) mass is 288 g/mol. The fourth-order valence-corrected chi connectivity index (χ4v) is 5.48. The van der Waals surface area contributed by atoms with Crippen molar-refractivity contribution in [2.45, 2.75) is 24.5 Å². The van der Waals surface area contributed by atoms with Gasteiger partial charge in [-0.3, -0.25) is 0 Å². The topological polar surface area (TPSA) is 18.5 Å². The first kappa shape index (κ1) is 13.6. The Bertz CT molecular complexity index is 162. The van der Waals surface area contributed by atoms with Crippen molar-refractivity contribution in [1.29, 1.82) is 0 Å². The molecule has 0 aromatic rings. The van der Waals surface area contributed by atoms with Gasteiger partial charge in [0.1, 0.15) is 0 Å². The number of hydrogen-bond acceptors (Lipinski definition) is 2. The van der Waals surface area contributed by atoms with Crippen LogP contribution in [0.3, 0.4) is 0 Å². The molecule has 78 valence electrons. The number of methoxy groups -OCH3 is 1. The van der Waals surface area contributed by atoms with Crippen LogP contribution in [0.5, 0.6) is 0 Å². The number of rotatable bonds is 6. The van der Waals surface area contributed by atoms with Gasteiger partial charge in [-0.25, -0.2) is 0 Å². The van der Waals surface area contributed by atoms with Crippen LogP contribution in [0.2, 0.25) is 4.75 Å². The quantitative estimate of drug-likeness (QED) is 0.551. The molecule has 0 saturated heterocycles. The molecule has 1 atom stereocenters. The van der Waals surface area contributed by atoms with Crippen LogP contribution in [0.4, 0.5) is 0 Å². The number of hydrogen-bond donors (Lipinski definition) is 0. The predicted octanol–water partition coefficient (Wildman–Crippen LogP) is 3.38. The molecule has 1 unspecified atom stereocenters. The van der Waals surface area contributed by atoms with Gasteiger partial charge in [0.25, 0.3) is 0 Å². The summed E-state index contributed by atoms with van der Waals surface area (Å²) in [6.07, 6.45) is 5.49. The Kier molecular flexibility index (Phi) is 7.32. The van der Waals surface area contributed by atoms with Crippen molar-refractivity contribution in [2.75, 3.05) is 14.2 Å². The van der Waals surface area contributed by atoms with Crippen LogP contribution < -0.4 is 0 Å². The predicted molar refractivity (Wildman–Crippen MR) is 59.3 cm³/mol. The van der Waals surface area contributed by atoms with E-state index in [4.69, 9.17) is 28.5 Å². The minimum atomic E-state index is -3.09. The molecule has 0 aromatic heterocycles. The van der Waals surface area contributed by atoms with Gasteiger partial charge in [0.15, 0.2) is 0 Å². The van der Waals surface area contributed by atoms with E-state index in [1.807, 2.05) is 6.08 Å². The Morgan fingerprint density at radius 3 is 2.38 bits per heavy atom. The van der Waals surface area contributed by atoms with Gasteiger partial charge in [0.2, 0.25) is 0 Å². The van der Waals surface area contributed by atoms with E-state index in [1.165, 1.54) is 0 Å². The second-order valence-electron chi connectivity index (χ2n) is 2.73. The summed E-state index contributed by atoms with van der Waals surface area (Å²) in [6, 6.07) is 0. The molecule has 2 nitrogen and oxygen atoms in total. The van der Waals surface area contributed by atoms with Gasteiger partial charge in [-0.15, -0.1) is 0 Å². The van der Waals surface area contributed by atoms with Gasteiger partial charge in [-0.1, -0.05) is 0 Å². The van der Waals surface area contributed by atoms with Crippen molar-refractivity contribution in [3.05, 3.63) is 12.3 Å². The van der Waals surface area contributed by atoms with Crippen LogP contribution in [0.25, 0.3) is 0 Å². The van der Waals surface area contributed by atoms with E-state index in [1.54, 1.807) is 20.5 Å². The summed E-state index contributed by atoms with van der Waals surface area (Å²) >= 11 is -3.09. The molecule has 0 aliphatic rings. The molecule has 0 aliphatic heterocycles. The first-order chi connectivity index (χ1) is 6.08. The molecule has 0 radical (unpaired) electrons. The van der Waals surface area contributed by atoms with Crippen molar-refractivity contribution >= 4 is 31.8 Å². The SMILES string of the molecule is CCC[CH](/C=C\OC)[Ge]([Cl])([Cl])[O]C. The van der Waals surface area contributed by atoms with Crippen molar-refractivity contribution in [1.82, 2.24) is 0 Å². The van der Waals surface area contributed by atoms with E-state index in [9.17, 15) is 0 Å². The first-order valence-electron chi connectivity index (χ1n) is 4.20. The standard InChI is InChI=1S/C8H16Cl2GeO2/c1-4-5-8(6-7-12-2)11(9,10)13-3/h6-8H,4-5H2,1-3H3/b7-6-. The Labute approximate surface area is 91.3 Å². The molecule has 0 aliphatic carbocycles. The Balaban J connectivity index is 4.31. The maximum absolute atomic E-state index is 6.13. The fourth-order valence-electron chi connectivity index (χ4n) is 1.01. The molecule has 0 rings (SSSR count). The van der Waals surface area contributed by atoms with Gasteiger partial charge in [-0.2, -0.15) is 0 Å². The number of allylic oxidation sites excluding steroid dienone is 1. The van der Waals surface area contributed by atoms with Crippen LogP contribution in [-0.2, 0) is 8.50 Å². The average Bonchev–Trinajstić information content (AvgIpc) is 2.12. The molecule has 0 fully saturated rings. The van der Waals surface area contributed by atoms with Crippen molar-refractivity contribution < 1.29 is 8.50 Å². The molecular formula is C8H16Cl2GeO2. The zero-order valence-corrected chi connectivity index (χ0v) is 11.8. The van der Waals surface area contributed by atoms with Crippen LogP contribution in [0.15, 0.2) is 12.3 Å². The summed E-state index contributed by atoms with van der Waals surface area (Å²) in [5.41, 5.74) is 0. The summed E-state index contributed by atoms with van der Waals surface area (Å²) in [7, 11) is 15.4. The summed E-state index contributed by atoms with van der Waals surface area (Å²) in [5, 5.41) is 0. The zero-order chi connectivity index (χ0) is 10.3. The Morgan fingerprint density at radius 2 is 2.00 bits per heavy atom. The van der Waals surface area contributed by atoms with Crippen LogP contribution >= 0.6 is 20.0 Å². The van der Waals surface area contributed by atoms with Gasteiger partial charge in [0.05, 0.1) is 0 Å². The van der Waals surface area contributed by atoms with E-state index in [0.717, 1.165) is 12.8 Å². The Hall–Kier alpha value is 0.623. The third-order valence-electron chi connectivity index (χ3n) is 1.75. The van der Waals surface area contributed by atoms with Gasteiger partial charge in [0, 0.05) is 0 Å². The fraction of sp³-hybridized carbons (Fsp3) is 0.750. The molecule has 5 heteroatoms. The molecule has 0 saturated carbocycles. The number of halogens is 2. The molecule has 0 bridgehead atoms. The summed E-state index contributed by atoms with van der Waals surface area (Å²) in [5.74, 6) is 0. The van der Waals surface area contributed by atoms with Gasteiger partial charge >= 0.3 is 91.3 Å². The molecule has 0 heterocycles. The van der Waals surface area contributed by atoms with E-state index < -0.39 is 11.7 Å². The van der Waals surface area contributed by atoms with Gasteiger partial charge < -0.3 is 0 Å². The van der Waals surface area contributed by atoms with Crippen LogP contribution in [-0.4, -0.2) is 26.0 Å². The van der Waals surface area contributed by atoms with Crippen LogP contribution in [0.1, 0.15) is 19.8 Å².